The summed E-state index contributed by atoms with van der Waals surface area (Å²) in [5.74, 6) is -3.35. The lowest BCUT2D eigenvalue weighted by atomic mass is 9.85. The average Bonchev–Trinajstić information content (AvgIpc) is 3.17. The van der Waals surface area contributed by atoms with Crippen molar-refractivity contribution in [2.45, 2.75) is 49.5 Å². The van der Waals surface area contributed by atoms with Gasteiger partial charge in [-0.1, -0.05) is 18.7 Å². The number of carbonyl (C=O) groups excluding carboxylic acids is 1. The maximum Gasteiger partial charge on any atom is 0.334 e. The van der Waals surface area contributed by atoms with Gasteiger partial charge in [-0.3, -0.25) is 0 Å². The van der Waals surface area contributed by atoms with Gasteiger partial charge in [-0.05, 0) is 35.8 Å². The first-order chi connectivity index (χ1) is 17.6. The highest BCUT2D eigenvalue weighted by Gasteiger charge is 2.52. The minimum Gasteiger partial charge on any atom is -0.508 e. The van der Waals surface area contributed by atoms with Gasteiger partial charge in [0.1, 0.15) is 36.8 Å². The molecule has 1 aliphatic carbocycles. The number of fused-ring (bicyclic) bond motifs is 1. The highest BCUT2D eigenvalue weighted by molar-refractivity contribution is 5.87. The number of esters is 1. The summed E-state index contributed by atoms with van der Waals surface area (Å²) in [7, 11) is 0. The number of aliphatic hydroxyl groups excluding tert-OH is 4. The molecule has 1 saturated carbocycles. The number of aromatic hydroxyl groups is 1. The standard InChI is InChI=1S/C25H28O12/c1-11-16(27)8-14-15(23(32)33)9-35-24(19(11)14)37-25-22(31)21(30)20(29)17(36-25)10-34-18(28)7-4-12-2-5-13(26)6-3-12/h2-7,9,14,16-17,19-22,24-27,29-31H,1,8,10H2,(H,32,33)/t14-,16-,17-,19-,20-,21+,22-,24+,25-/m1/s1. The number of benzene rings is 1. The highest BCUT2D eigenvalue weighted by atomic mass is 16.8. The maximum absolute atomic E-state index is 12.1. The van der Waals surface area contributed by atoms with E-state index in [0.29, 0.717) is 11.1 Å². The fourth-order valence-electron chi connectivity index (χ4n) is 4.60. The number of phenols is 1. The number of carbonyl (C=O) groups is 2. The van der Waals surface area contributed by atoms with Gasteiger partial charge in [-0.2, -0.15) is 0 Å². The van der Waals surface area contributed by atoms with E-state index < -0.39 is 73.5 Å². The smallest absolute Gasteiger partial charge is 0.334 e. The van der Waals surface area contributed by atoms with Crippen LogP contribution >= 0.6 is 0 Å². The minimum absolute atomic E-state index is 0.0618. The molecule has 6 N–H and O–H groups in total. The molecule has 12 heteroatoms. The third-order valence-corrected chi connectivity index (χ3v) is 6.67. The summed E-state index contributed by atoms with van der Waals surface area (Å²) in [5, 5.41) is 60.1. The van der Waals surface area contributed by atoms with Crippen molar-refractivity contribution in [3.8, 4) is 5.75 Å². The van der Waals surface area contributed by atoms with E-state index >= 15 is 0 Å². The molecular weight excluding hydrogens is 492 g/mol. The predicted molar refractivity (Wildman–Crippen MR) is 123 cm³/mol. The van der Waals surface area contributed by atoms with Gasteiger partial charge in [0.15, 0.2) is 6.29 Å². The Morgan fingerprint density at radius 1 is 1.05 bits per heavy atom. The van der Waals surface area contributed by atoms with E-state index in [1.807, 2.05) is 0 Å². The van der Waals surface area contributed by atoms with E-state index in [2.05, 4.69) is 6.58 Å². The third-order valence-electron chi connectivity index (χ3n) is 6.67. The number of hydrogen-bond donors (Lipinski definition) is 6. The molecule has 37 heavy (non-hydrogen) atoms. The van der Waals surface area contributed by atoms with Crippen LogP contribution in [0.1, 0.15) is 12.0 Å². The fraction of sp³-hybridized carbons (Fsp3) is 0.440. The van der Waals surface area contributed by atoms with Crippen LogP contribution in [-0.4, -0.2) is 92.3 Å². The molecule has 1 saturated heterocycles. The van der Waals surface area contributed by atoms with Gasteiger partial charge in [-0.15, -0.1) is 0 Å². The maximum atomic E-state index is 12.1. The SMILES string of the molecule is C=C1[C@H]2[C@H](O[C@H]3O[C@H](COC(=O)C=Cc4ccc(O)cc4)[C@@H](O)[C@H](O)[C@H]3O)OC=C(C(=O)O)[C@H]2C[C@H]1O. The third kappa shape index (κ3) is 5.69. The van der Waals surface area contributed by atoms with Crippen LogP contribution in [0.5, 0.6) is 5.75 Å². The number of carboxylic acids is 1. The lowest BCUT2D eigenvalue weighted by Crippen LogP contribution is -2.60. The molecule has 9 atom stereocenters. The zero-order valence-electron chi connectivity index (χ0n) is 19.5. The Hall–Kier alpha value is -3.26. The lowest BCUT2D eigenvalue weighted by molar-refractivity contribution is -0.339. The second-order valence-corrected chi connectivity index (χ2v) is 9.05. The lowest BCUT2D eigenvalue weighted by Gasteiger charge is -2.42. The molecule has 200 valence electrons. The molecule has 0 bridgehead atoms. The zero-order valence-corrected chi connectivity index (χ0v) is 19.5. The molecule has 4 rings (SSSR count). The number of aliphatic carboxylic acids is 1. The normalized spacial score (nSPS) is 35.5. The quantitative estimate of drug-likeness (QED) is 0.156. The predicted octanol–water partition coefficient (Wildman–Crippen LogP) is -0.349. The molecule has 2 aliphatic heterocycles. The Balaban J connectivity index is 1.40. The van der Waals surface area contributed by atoms with E-state index in [1.165, 1.54) is 18.2 Å². The number of aliphatic hydroxyl groups is 4. The number of carboxylic acid groups (broad SMARTS) is 1. The molecule has 2 heterocycles. The Morgan fingerprint density at radius 2 is 1.76 bits per heavy atom. The van der Waals surface area contributed by atoms with E-state index in [1.54, 1.807) is 12.1 Å². The number of rotatable bonds is 7. The Bertz CT molecular complexity index is 1080. The molecule has 1 aromatic carbocycles. The largest absolute Gasteiger partial charge is 0.508 e. The number of hydrogen-bond acceptors (Lipinski definition) is 11. The monoisotopic (exact) mass is 520 g/mol. The highest BCUT2D eigenvalue weighted by Crippen LogP contribution is 2.46. The fourth-order valence-corrected chi connectivity index (χ4v) is 4.60. The zero-order chi connectivity index (χ0) is 26.9. The molecule has 2 fully saturated rings. The minimum atomic E-state index is -1.73. The van der Waals surface area contributed by atoms with Crippen molar-refractivity contribution in [2.75, 3.05) is 6.61 Å². The molecule has 0 radical (unpaired) electrons. The molecule has 0 amide bonds. The second-order valence-electron chi connectivity index (χ2n) is 9.05. The summed E-state index contributed by atoms with van der Waals surface area (Å²) in [6.07, 6.45) is -6.43. The molecule has 0 unspecified atom stereocenters. The Morgan fingerprint density at radius 3 is 2.43 bits per heavy atom. The van der Waals surface area contributed by atoms with Gasteiger partial charge < -0.3 is 49.6 Å². The van der Waals surface area contributed by atoms with E-state index in [0.717, 1.165) is 12.3 Å². The van der Waals surface area contributed by atoms with Crippen LogP contribution in [0.15, 0.2) is 54.3 Å². The van der Waals surface area contributed by atoms with Gasteiger partial charge in [-0.25, -0.2) is 9.59 Å². The summed E-state index contributed by atoms with van der Waals surface area (Å²) in [4.78, 5) is 23.7. The van der Waals surface area contributed by atoms with Crippen LogP contribution in [0.25, 0.3) is 6.08 Å². The van der Waals surface area contributed by atoms with Crippen molar-refractivity contribution < 1.29 is 59.2 Å². The van der Waals surface area contributed by atoms with Gasteiger partial charge in [0.05, 0.1) is 23.9 Å². The van der Waals surface area contributed by atoms with Crippen LogP contribution in [-0.2, 0) is 28.5 Å². The molecule has 3 aliphatic rings. The van der Waals surface area contributed by atoms with Crippen molar-refractivity contribution in [3.63, 3.8) is 0 Å². The summed E-state index contributed by atoms with van der Waals surface area (Å²) in [6, 6.07) is 6.05. The van der Waals surface area contributed by atoms with E-state index in [9.17, 15) is 40.2 Å². The van der Waals surface area contributed by atoms with Crippen molar-refractivity contribution in [3.05, 3.63) is 59.9 Å². The van der Waals surface area contributed by atoms with Crippen LogP contribution < -0.4 is 0 Å². The van der Waals surface area contributed by atoms with Crippen LogP contribution in [0.3, 0.4) is 0 Å². The first-order valence-electron chi connectivity index (χ1n) is 11.5. The van der Waals surface area contributed by atoms with Crippen molar-refractivity contribution in [2.24, 2.45) is 11.8 Å². The first-order valence-corrected chi connectivity index (χ1v) is 11.5. The van der Waals surface area contributed by atoms with Crippen molar-refractivity contribution in [1.82, 2.24) is 0 Å². The molecule has 1 aromatic rings. The summed E-state index contributed by atoms with van der Waals surface area (Å²) >= 11 is 0. The van der Waals surface area contributed by atoms with Gasteiger partial charge in [0, 0.05) is 12.0 Å². The van der Waals surface area contributed by atoms with Gasteiger partial charge >= 0.3 is 11.9 Å². The summed E-state index contributed by atoms with van der Waals surface area (Å²) in [5.41, 5.74) is 0.854. The summed E-state index contributed by atoms with van der Waals surface area (Å²) < 4.78 is 21.8. The van der Waals surface area contributed by atoms with Crippen molar-refractivity contribution in [1.29, 1.82) is 0 Å². The second kappa shape index (κ2) is 11.0. The van der Waals surface area contributed by atoms with Crippen LogP contribution in [0, 0.1) is 11.8 Å². The van der Waals surface area contributed by atoms with Gasteiger partial charge in [0.2, 0.25) is 6.29 Å². The average molecular weight is 520 g/mol. The molecule has 0 aromatic heterocycles. The summed E-state index contributed by atoms with van der Waals surface area (Å²) in [6.45, 7) is 3.32. The van der Waals surface area contributed by atoms with Crippen LogP contribution in [0.2, 0.25) is 0 Å². The first kappa shape index (κ1) is 26.8. The van der Waals surface area contributed by atoms with E-state index in [-0.39, 0.29) is 17.7 Å². The molecule has 12 nitrogen and oxygen atoms in total. The van der Waals surface area contributed by atoms with Gasteiger partial charge in [0.25, 0.3) is 0 Å². The van der Waals surface area contributed by atoms with Crippen molar-refractivity contribution >= 4 is 18.0 Å². The van der Waals surface area contributed by atoms with E-state index in [4.69, 9.17) is 18.9 Å². The topological polar surface area (TPSA) is 192 Å². The number of phenolic OH excluding ortho intramolecular Hbond substituents is 1. The number of ether oxygens (including phenoxy) is 4. The molecule has 0 spiro atoms. The molecular formula is C25H28O12. The Kier molecular flexibility index (Phi) is 7.97. The Labute approximate surface area is 211 Å². The van der Waals surface area contributed by atoms with Crippen LogP contribution in [0.4, 0.5) is 0 Å².